The molecule has 19 nitrogen and oxygen atoms in total. The number of hydrogen-bond donors (Lipinski definition) is 12. The number of allylic oxidation sites excluding steroid dienone is 2. The predicted molar refractivity (Wildman–Crippen MR) is 402 cm³/mol. The Morgan fingerprint density at radius 2 is 0.624 bits per heavy atom. The molecule has 3 aliphatic rings. The summed E-state index contributed by atoms with van der Waals surface area (Å²) in [6, 6.07) is -0.887. The molecule has 12 N–H and O–H groups in total. The fraction of sp³-hybridized carbons (Fsp3) is 0.963. The molecule has 0 aromatic heterocycles. The minimum atomic E-state index is -1.97. The monoisotopic (exact) mass is 1440 g/mol. The number of ether oxygens (including phenoxy) is 6. The second kappa shape index (κ2) is 63.5. The number of unbranched alkanes of at least 4 members (excludes halogenated alkanes) is 51. The van der Waals surface area contributed by atoms with Crippen LogP contribution in [0, 0.1) is 0 Å². The number of nitrogens with one attached hydrogen (secondary N) is 1. The standard InChI is InChI=1S/C82H157NO18/c1-3-5-7-9-11-13-15-17-19-21-23-25-27-28-29-30-31-32-33-34-35-36-38-39-41-43-45-47-49-51-53-55-57-59-66(87)65(83-70(88)60-58-56-54-52-50-48-46-44-42-40-37-26-24-22-20-18-16-14-12-10-8-6-4-2)64-96-80-76(94)73(91)78(68(62-85)98-80)101-82-77(95)74(92)79(69(63-86)99-82)100-81-75(93)72(90)71(89)67(61-84)97-81/h22,24,65-69,71-82,84-87,89-95H,3-21,23,25-64H2,1-2H3,(H,83,88)/b24-22-. The Morgan fingerprint density at radius 1 is 0.347 bits per heavy atom. The molecule has 0 aliphatic carbocycles. The van der Waals surface area contributed by atoms with Crippen LogP contribution < -0.4 is 5.32 Å². The predicted octanol–water partition coefficient (Wildman–Crippen LogP) is 14.7. The Kier molecular flexibility index (Phi) is 58.9. The Balaban J connectivity index is 1.34. The van der Waals surface area contributed by atoms with Crippen LogP contribution in [0.3, 0.4) is 0 Å². The van der Waals surface area contributed by atoms with E-state index in [9.17, 15) is 61.0 Å². The zero-order valence-electron chi connectivity index (χ0n) is 64.2. The first-order valence-electron chi connectivity index (χ1n) is 42.4. The van der Waals surface area contributed by atoms with E-state index >= 15 is 0 Å². The van der Waals surface area contributed by atoms with E-state index in [0.29, 0.717) is 12.8 Å². The number of rotatable bonds is 69. The van der Waals surface area contributed by atoms with Gasteiger partial charge in [0.1, 0.15) is 73.2 Å². The molecule has 3 fully saturated rings. The van der Waals surface area contributed by atoms with Crippen molar-refractivity contribution >= 4 is 5.91 Å². The van der Waals surface area contributed by atoms with Crippen molar-refractivity contribution in [3.05, 3.63) is 12.2 Å². The Hall–Kier alpha value is -1.47. The number of carbonyl (C=O) groups is 1. The zero-order valence-corrected chi connectivity index (χ0v) is 64.2. The average molecular weight is 1450 g/mol. The zero-order chi connectivity index (χ0) is 73.2. The van der Waals surface area contributed by atoms with Gasteiger partial charge in [-0.05, 0) is 38.5 Å². The molecule has 0 aromatic carbocycles. The molecule has 0 radical (unpaired) electrons. The first kappa shape index (κ1) is 93.7. The molecule has 3 aliphatic heterocycles. The second-order valence-electron chi connectivity index (χ2n) is 30.7. The number of amides is 1. The molecule has 3 saturated heterocycles. The highest BCUT2D eigenvalue weighted by atomic mass is 16.8. The molecular weight excluding hydrogens is 1290 g/mol. The van der Waals surface area contributed by atoms with E-state index in [4.69, 9.17) is 28.4 Å². The van der Waals surface area contributed by atoms with Gasteiger partial charge in [-0.1, -0.05) is 341 Å². The maximum Gasteiger partial charge on any atom is 0.220 e. The van der Waals surface area contributed by atoms with Crippen LogP contribution in [-0.2, 0) is 33.2 Å². The third-order valence-electron chi connectivity index (χ3n) is 21.6. The highest BCUT2D eigenvalue weighted by molar-refractivity contribution is 5.76. The fourth-order valence-corrected chi connectivity index (χ4v) is 14.8. The van der Waals surface area contributed by atoms with E-state index in [2.05, 4.69) is 31.3 Å². The highest BCUT2D eigenvalue weighted by Crippen LogP contribution is 2.34. The lowest BCUT2D eigenvalue weighted by Gasteiger charge is -2.48. The largest absolute Gasteiger partial charge is 0.394 e. The van der Waals surface area contributed by atoms with Crippen molar-refractivity contribution in [3.8, 4) is 0 Å². The van der Waals surface area contributed by atoms with Crippen LogP contribution in [0.25, 0.3) is 0 Å². The van der Waals surface area contributed by atoms with Gasteiger partial charge >= 0.3 is 0 Å². The third-order valence-corrected chi connectivity index (χ3v) is 21.6. The maximum atomic E-state index is 13.5. The quantitative estimate of drug-likeness (QED) is 0.0199. The minimum absolute atomic E-state index is 0.236. The molecule has 3 rings (SSSR count). The summed E-state index contributed by atoms with van der Waals surface area (Å²) in [4.78, 5) is 13.5. The van der Waals surface area contributed by atoms with Crippen molar-refractivity contribution in [1.82, 2.24) is 5.32 Å². The summed E-state index contributed by atoms with van der Waals surface area (Å²) in [6.07, 6.45) is 48.8. The van der Waals surface area contributed by atoms with Gasteiger partial charge < -0.3 is 89.9 Å². The molecule has 0 saturated carbocycles. The molecule has 3 heterocycles. The molecule has 598 valence electrons. The lowest BCUT2D eigenvalue weighted by atomic mass is 9.96. The summed E-state index contributed by atoms with van der Waals surface area (Å²) in [5, 5.41) is 121. The van der Waals surface area contributed by atoms with Gasteiger partial charge in [-0.3, -0.25) is 4.79 Å². The highest BCUT2D eigenvalue weighted by Gasteiger charge is 2.54. The van der Waals surface area contributed by atoms with E-state index in [1.54, 1.807) is 0 Å². The molecule has 0 bridgehead atoms. The molecule has 1 amide bonds. The maximum absolute atomic E-state index is 13.5. The van der Waals surface area contributed by atoms with E-state index in [1.807, 2.05) is 0 Å². The van der Waals surface area contributed by atoms with Crippen LogP contribution in [0.5, 0.6) is 0 Å². The molecule has 0 spiro atoms. The van der Waals surface area contributed by atoms with Gasteiger partial charge in [-0.25, -0.2) is 0 Å². The van der Waals surface area contributed by atoms with Crippen LogP contribution in [0.4, 0.5) is 0 Å². The molecule has 17 atom stereocenters. The normalized spacial score (nSPS) is 26.3. The van der Waals surface area contributed by atoms with E-state index < -0.39 is 124 Å². The molecular formula is C82H157NO18. The summed E-state index contributed by atoms with van der Waals surface area (Å²) in [7, 11) is 0. The Bertz CT molecular complexity index is 1870. The minimum Gasteiger partial charge on any atom is -0.394 e. The Morgan fingerprint density at radius 3 is 0.960 bits per heavy atom. The summed E-state index contributed by atoms with van der Waals surface area (Å²) in [6.45, 7) is 1.87. The van der Waals surface area contributed by atoms with Gasteiger partial charge in [0.25, 0.3) is 0 Å². The van der Waals surface area contributed by atoms with Gasteiger partial charge in [-0.15, -0.1) is 0 Å². The lowest BCUT2D eigenvalue weighted by Crippen LogP contribution is -2.66. The molecule has 17 unspecified atom stereocenters. The second-order valence-corrected chi connectivity index (χ2v) is 30.7. The van der Waals surface area contributed by atoms with Gasteiger partial charge in [-0.2, -0.15) is 0 Å². The fourth-order valence-electron chi connectivity index (χ4n) is 14.8. The van der Waals surface area contributed by atoms with Crippen LogP contribution in [-0.4, -0.2) is 193 Å². The summed E-state index contributed by atoms with van der Waals surface area (Å²) < 4.78 is 34.6. The third kappa shape index (κ3) is 43.3. The molecule has 101 heavy (non-hydrogen) atoms. The lowest BCUT2D eigenvalue weighted by molar-refractivity contribution is -0.379. The first-order chi connectivity index (χ1) is 49.3. The number of carbonyl (C=O) groups excluding carboxylic acids is 1. The SMILES string of the molecule is CCCCCCCCCC/C=C\CCCCCCCCCCCCCC(=O)NC(COC1OC(CO)C(OC2OC(CO)C(OC3OC(CO)C(O)C(O)C3O)C(O)C2O)C(O)C1O)C(O)CCCCCCCCCCCCCCCCCCCCCCCCCCCCCCCCCCC. The van der Waals surface area contributed by atoms with Gasteiger partial charge in [0.2, 0.25) is 5.91 Å². The smallest absolute Gasteiger partial charge is 0.220 e. The van der Waals surface area contributed by atoms with Gasteiger partial charge in [0.05, 0.1) is 38.6 Å². The van der Waals surface area contributed by atoms with Gasteiger partial charge in [0, 0.05) is 6.42 Å². The summed E-state index contributed by atoms with van der Waals surface area (Å²) >= 11 is 0. The summed E-state index contributed by atoms with van der Waals surface area (Å²) in [5.74, 6) is -0.236. The van der Waals surface area contributed by atoms with Crippen LogP contribution in [0.2, 0.25) is 0 Å². The van der Waals surface area contributed by atoms with E-state index in [1.165, 1.54) is 295 Å². The number of aliphatic hydroxyl groups excluding tert-OH is 11. The van der Waals surface area contributed by atoms with E-state index in [0.717, 1.165) is 44.9 Å². The van der Waals surface area contributed by atoms with E-state index in [-0.39, 0.29) is 18.9 Å². The summed E-state index contributed by atoms with van der Waals surface area (Å²) in [5.41, 5.74) is 0. The molecule has 19 heteroatoms. The van der Waals surface area contributed by atoms with Crippen LogP contribution in [0.15, 0.2) is 12.2 Å². The average Bonchev–Trinajstić information content (AvgIpc) is 0.782. The van der Waals surface area contributed by atoms with Crippen LogP contribution in [0.1, 0.15) is 373 Å². The Labute approximate surface area is 614 Å². The van der Waals surface area contributed by atoms with Crippen LogP contribution >= 0.6 is 0 Å². The molecule has 0 aromatic rings. The number of hydrogen-bond acceptors (Lipinski definition) is 18. The van der Waals surface area contributed by atoms with Crippen molar-refractivity contribution in [2.24, 2.45) is 0 Å². The van der Waals surface area contributed by atoms with Crippen molar-refractivity contribution in [2.45, 2.75) is 478 Å². The van der Waals surface area contributed by atoms with Crippen molar-refractivity contribution < 1.29 is 89.4 Å². The number of aliphatic hydroxyl groups is 11. The van der Waals surface area contributed by atoms with Crippen molar-refractivity contribution in [2.75, 3.05) is 26.4 Å². The first-order valence-corrected chi connectivity index (χ1v) is 42.4. The van der Waals surface area contributed by atoms with Crippen molar-refractivity contribution in [3.63, 3.8) is 0 Å². The van der Waals surface area contributed by atoms with Gasteiger partial charge in [0.15, 0.2) is 18.9 Å². The van der Waals surface area contributed by atoms with Crippen molar-refractivity contribution in [1.29, 1.82) is 0 Å². The topological polar surface area (TPSA) is 307 Å².